The predicted molar refractivity (Wildman–Crippen MR) is 73.4 cm³/mol. The SMILES string of the molecule is CCOC(=O)CCCNC(C)Cc1ccc(F)cc1. The summed E-state index contributed by atoms with van der Waals surface area (Å²) in [6.07, 6.45) is 2.07. The maximum absolute atomic E-state index is 12.8. The van der Waals surface area contributed by atoms with E-state index >= 15 is 0 Å². The van der Waals surface area contributed by atoms with Gasteiger partial charge >= 0.3 is 5.97 Å². The van der Waals surface area contributed by atoms with E-state index in [0.717, 1.165) is 24.9 Å². The zero-order valence-corrected chi connectivity index (χ0v) is 11.6. The highest BCUT2D eigenvalue weighted by Gasteiger charge is 2.05. The van der Waals surface area contributed by atoms with Gasteiger partial charge in [-0.05, 0) is 50.9 Å². The molecule has 0 saturated carbocycles. The average molecular weight is 267 g/mol. The molecule has 0 aromatic heterocycles. The predicted octanol–water partition coefficient (Wildman–Crippen LogP) is 2.69. The number of hydrogen-bond acceptors (Lipinski definition) is 3. The van der Waals surface area contributed by atoms with Gasteiger partial charge in [-0.3, -0.25) is 4.79 Å². The number of hydrogen-bond donors (Lipinski definition) is 1. The largest absolute Gasteiger partial charge is 0.466 e. The van der Waals surface area contributed by atoms with Crippen molar-refractivity contribution < 1.29 is 13.9 Å². The van der Waals surface area contributed by atoms with Gasteiger partial charge in [-0.15, -0.1) is 0 Å². The van der Waals surface area contributed by atoms with Crippen molar-refractivity contribution in [1.82, 2.24) is 5.32 Å². The van der Waals surface area contributed by atoms with Crippen LogP contribution in [0, 0.1) is 5.82 Å². The zero-order chi connectivity index (χ0) is 14.1. The molecule has 106 valence electrons. The topological polar surface area (TPSA) is 38.3 Å². The van der Waals surface area contributed by atoms with Crippen LogP contribution in [0.5, 0.6) is 0 Å². The summed E-state index contributed by atoms with van der Waals surface area (Å²) in [5.41, 5.74) is 1.10. The van der Waals surface area contributed by atoms with E-state index in [2.05, 4.69) is 12.2 Å². The first-order chi connectivity index (χ1) is 9.11. The van der Waals surface area contributed by atoms with Crippen molar-refractivity contribution in [2.24, 2.45) is 0 Å². The Kier molecular flexibility index (Phi) is 7.11. The Morgan fingerprint density at radius 3 is 2.68 bits per heavy atom. The lowest BCUT2D eigenvalue weighted by atomic mass is 10.1. The van der Waals surface area contributed by atoms with E-state index < -0.39 is 0 Å². The molecule has 1 N–H and O–H groups in total. The molecule has 0 aliphatic rings. The summed E-state index contributed by atoms with van der Waals surface area (Å²) >= 11 is 0. The molecule has 1 aromatic rings. The van der Waals surface area contributed by atoms with Gasteiger partial charge in [-0.25, -0.2) is 4.39 Å². The fraction of sp³-hybridized carbons (Fsp3) is 0.533. The average Bonchev–Trinajstić information content (AvgIpc) is 2.38. The summed E-state index contributed by atoms with van der Waals surface area (Å²) in [7, 11) is 0. The first-order valence-electron chi connectivity index (χ1n) is 6.75. The van der Waals surface area contributed by atoms with Crippen LogP contribution in [-0.4, -0.2) is 25.2 Å². The number of ether oxygens (including phenoxy) is 1. The van der Waals surface area contributed by atoms with Gasteiger partial charge in [0, 0.05) is 12.5 Å². The van der Waals surface area contributed by atoms with Gasteiger partial charge in [0.25, 0.3) is 0 Å². The van der Waals surface area contributed by atoms with Crippen molar-refractivity contribution >= 4 is 5.97 Å². The molecule has 0 spiro atoms. The van der Waals surface area contributed by atoms with E-state index in [1.807, 2.05) is 0 Å². The highest BCUT2D eigenvalue weighted by Crippen LogP contribution is 2.05. The minimum Gasteiger partial charge on any atom is -0.466 e. The summed E-state index contributed by atoms with van der Waals surface area (Å²) < 4.78 is 17.6. The van der Waals surface area contributed by atoms with Gasteiger partial charge in [-0.1, -0.05) is 12.1 Å². The molecule has 0 fully saturated rings. The molecular formula is C15H22FNO2. The van der Waals surface area contributed by atoms with Crippen molar-refractivity contribution in [3.05, 3.63) is 35.6 Å². The lowest BCUT2D eigenvalue weighted by Gasteiger charge is -2.13. The Balaban J connectivity index is 2.16. The van der Waals surface area contributed by atoms with Crippen LogP contribution in [-0.2, 0) is 16.0 Å². The number of rotatable bonds is 8. The standard InChI is InChI=1S/C15H22FNO2/c1-3-19-15(18)5-4-10-17-12(2)11-13-6-8-14(16)9-7-13/h6-9,12,17H,3-5,10-11H2,1-2H3. The lowest BCUT2D eigenvalue weighted by molar-refractivity contribution is -0.143. The van der Waals surface area contributed by atoms with Gasteiger partial charge in [-0.2, -0.15) is 0 Å². The summed E-state index contributed by atoms with van der Waals surface area (Å²) in [5, 5.41) is 3.34. The van der Waals surface area contributed by atoms with E-state index in [1.165, 1.54) is 12.1 Å². The normalized spacial score (nSPS) is 12.2. The minimum absolute atomic E-state index is 0.143. The fourth-order valence-corrected chi connectivity index (χ4v) is 1.86. The van der Waals surface area contributed by atoms with Crippen LogP contribution >= 0.6 is 0 Å². The summed E-state index contributed by atoms with van der Waals surface area (Å²) in [4.78, 5) is 11.1. The second kappa shape index (κ2) is 8.64. The van der Waals surface area contributed by atoms with E-state index in [0.29, 0.717) is 19.1 Å². The molecule has 1 aromatic carbocycles. The molecule has 0 saturated heterocycles. The Labute approximate surface area is 114 Å². The van der Waals surface area contributed by atoms with Gasteiger partial charge in [0.15, 0.2) is 0 Å². The van der Waals surface area contributed by atoms with Crippen molar-refractivity contribution in [2.45, 2.75) is 39.2 Å². The lowest BCUT2D eigenvalue weighted by Crippen LogP contribution is -2.29. The van der Waals surface area contributed by atoms with Crippen molar-refractivity contribution in [2.75, 3.05) is 13.2 Å². The summed E-state index contributed by atoms with van der Waals surface area (Å²) in [6.45, 7) is 5.10. The molecule has 0 aliphatic heterocycles. The van der Waals surface area contributed by atoms with E-state index in [1.54, 1.807) is 19.1 Å². The molecule has 0 bridgehead atoms. The molecular weight excluding hydrogens is 245 g/mol. The monoisotopic (exact) mass is 267 g/mol. The van der Waals surface area contributed by atoms with Gasteiger partial charge in [0.05, 0.1) is 6.61 Å². The number of esters is 1. The van der Waals surface area contributed by atoms with Crippen molar-refractivity contribution in [1.29, 1.82) is 0 Å². The van der Waals surface area contributed by atoms with Crippen LogP contribution in [0.2, 0.25) is 0 Å². The Morgan fingerprint density at radius 2 is 2.05 bits per heavy atom. The van der Waals surface area contributed by atoms with Gasteiger partial charge in [0.1, 0.15) is 5.82 Å². The van der Waals surface area contributed by atoms with Crippen molar-refractivity contribution in [3.63, 3.8) is 0 Å². The molecule has 1 unspecified atom stereocenters. The van der Waals surface area contributed by atoms with Crippen LogP contribution in [0.25, 0.3) is 0 Å². The molecule has 19 heavy (non-hydrogen) atoms. The number of benzene rings is 1. The smallest absolute Gasteiger partial charge is 0.305 e. The number of nitrogens with one attached hydrogen (secondary N) is 1. The molecule has 0 radical (unpaired) electrons. The van der Waals surface area contributed by atoms with Crippen LogP contribution in [0.15, 0.2) is 24.3 Å². The van der Waals surface area contributed by atoms with Crippen LogP contribution < -0.4 is 5.32 Å². The Bertz CT molecular complexity index is 378. The summed E-state index contributed by atoms with van der Waals surface area (Å²) in [6, 6.07) is 6.84. The first-order valence-corrected chi connectivity index (χ1v) is 6.75. The third-order valence-corrected chi connectivity index (χ3v) is 2.81. The molecule has 0 aliphatic carbocycles. The van der Waals surface area contributed by atoms with Crippen LogP contribution in [0.4, 0.5) is 4.39 Å². The van der Waals surface area contributed by atoms with Gasteiger partial charge in [0.2, 0.25) is 0 Å². The number of carbonyl (C=O) groups excluding carboxylic acids is 1. The second-order valence-electron chi connectivity index (χ2n) is 4.59. The molecule has 3 nitrogen and oxygen atoms in total. The first kappa shape index (κ1) is 15.6. The third-order valence-electron chi connectivity index (χ3n) is 2.81. The highest BCUT2D eigenvalue weighted by atomic mass is 19.1. The Hall–Kier alpha value is -1.42. The van der Waals surface area contributed by atoms with E-state index in [-0.39, 0.29) is 11.8 Å². The second-order valence-corrected chi connectivity index (χ2v) is 4.59. The van der Waals surface area contributed by atoms with Crippen molar-refractivity contribution in [3.8, 4) is 0 Å². The number of carbonyl (C=O) groups is 1. The van der Waals surface area contributed by atoms with Crippen LogP contribution in [0.3, 0.4) is 0 Å². The molecule has 0 amide bonds. The minimum atomic E-state index is -0.209. The number of halogens is 1. The third kappa shape index (κ3) is 6.91. The molecule has 4 heteroatoms. The maximum atomic E-state index is 12.8. The van der Waals surface area contributed by atoms with E-state index in [4.69, 9.17) is 4.74 Å². The van der Waals surface area contributed by atoms with E-state index in [9.17, 15) is 9.18 Å². The molecule has 1 rings (SSSR count). The van der Waals surface area contributed by atoms with Gasteiger partial charge < -0.3 is 10.1 Å². The highest BCUT2D eigenvalue weighted by molar-refractivity contribution is 5.69. The quantitative estimate of drug-likeness (QED) is 0.581. The molecule has 1 atom stereocenters. The fourth-order valence-electron chi connectivity index (χ4n) is 1.86. The van der Waals surface area contributed by atoms with Crippen LogP contribution in [0.1, 0.15) is 32.3 Å². The summed E-state index contributed by atoms with van der Waals surface area (Å²) in [5.74, 6) is -0.353. The zero-order valence-electron chi connectivity index (χ0n) is 11.6. The molecule has 0 heterocycles. The Morgan fingerprint density at radius 1 is 1.37 bits per heavy atom. The maximum Gasteiger partial charge on any atom is 0.305 e.